The zero-order chi connectivity index (χ0) is 22.1. The number of Topliss-reactive ketones (excluding diaryl/α,β-unsaturated/α-hetero) is 2. The smallest absolute Gasteiger partial charge is 0.177 e. The molecule has 1 saturated carbocycles. The molecule has 5 heteroatoms. The molecular formula is C27H24ClNO2S. The first-order valence-corrected chi connectivity index (χ1v) is 12.4. The van der Waals surface area contributed by atoms with Crippen molar-refractivity contribution in [3.05, 3.63) is 94.6 Å². The SMILES string of the molecule is O=C1c2ccccc2C(=O)[C@H](C2CCC(c3ccc(Cl)cc3)CC2)[C@@H]1Sc1ccccn1. The van der Waals surface area contributed by atoms with E-state index in [-0.39, 0.29) is 23.4 Å². The lowest BCUT2D eigenvalue weighted by atomic mass is 9.68. The molecule has 1 aromatic heterocycles. The van der Waals surface area contributed by atoms with Crippen LogP contribution in [0.3, 0.4) is 0 Å². The summed E-state index contributed by atoms with van der Waals surface area (Å²) in [6.45, 7) is 0. The molecule has 2 atom stereocenters. The predicted molar refractivity (Wildman–Crippen MR) is 129 cm³/mol. The predicted octanol–water partition coefficient (Wildman–Crippen LogP) is 6.87. The van der Waals surface area contributed by atoms with Gasteiger partial charge in [0.15, 0.2) is 11.6 Å². The number of ketones is 2. The molecule has 0 aliphatic heterocycles. The van der Waals surface area contributed by atoms with Gasteiger partial charge in [0.1, 0.15) is 0 Å². The Morgan fingerprint density at radius 2 is 1.44 bits per heavy atom. The van der Waals surface area contributed by atoms with E-state index in [2.05, 4.69) is 17.1 Å². The third-order valence-corrected chi connectivity index (χ3v) is 8.35. The molecule has 1 fully saturated rings. The van der Waals surface area contributed by atoms with Crippen LogP contribution in [-0.2, 0) is 0 Å². The first-order valence-electron chi connectivity index (χ1n) is 11.1. The third kappa shape index (κ3) is 4.14. The maximum Gasteiger partial charge on any atom is 0.177 e. The fraction of sp³-hybridized carbons (Fsp3) is 0.296. The summed E-state index contributed by atoms with van der Waals surface area (Å²) in [5.41, 5.74) is 2.45. The van der Waals surface area contributed by atoms with E-state index in [9.17, 15) is 9.59 Å². The van der Waals surface area contributed by atoms with Crippen LogP contribution >= 0.6 is 23.4 Å². The van der Waals surface area contributed by atoms with Crippen molar-refractivity contribution in [3.63, 3.8) is 0 Å². The van der Waals surface area contributed by atoms with Crippen molar-refractivity contribution in [1.29, 1.82) is 0 Å². The number of fused-ring (bicyclic) bond motifs is 1. The largest absolute Gasteiger partial charge is 0.294 e. The number of carbonyl (C=O) groups is 2. The Labute approximate surface area is 197 Å². The van der Waals surface area contributed by atoms with E-state index in [0.29, 0.717) is 17.0 Å². The highest BCUT2D eigenvalue weighted by Gasteiger charge is 2.46. The zero-order valence-corrected chi connectivity index (χ0v) is 19.2. The lowest BCUT2D eigenvalue weighted by Crippen LogP contribution is -2.43. The van der Waals surface area contributed by atoms with Crippen molar-refractivity contribution < 1.29 is 9.59 Å². The van der Waals surface area contributed by atoms with Crippen LogP contribution in [0.5, 0.6) is 0 Å². The number of benzene rings is 2. The summed E-state index contributed by atoms with van der Waals surface area (Å²) in [5, 5.41) is 1.11. The molecule has 0 bridgehead atoms. The van der Waals surface area contributed by atoms with Crippen molar-refractivity contribution in [1.82, 2.24) is 4.98 Å². The standard InChI is InChI=1S/C27H24ClNO2S/c28-20-14-12-18(13-15-20)17-8-10-19(11-9-17)24-25(30)21-5-1-2-6-22(21)26(31)27(24)32-23-7-3-4-16-29-23/h1-7,12-17,19,24,27H,8-11H2/t17?,19?,24-,27-/m0/s1. The Hall–Kier alpha value is -2.43. The van der Waals surface area contributed by atoms with Gasteiger partial charge < -0.3 is 0 Å². The summed E-state index contributed by atoms with van der Waals surface area (Å²) >= 11 is 7.50. The average molecular weight is 462 g/mol. The summed E-state index contributed by atoms with van der Waals surface area (Å²) in [6.07, 6.45) is 5.66. The molecule has 0 radical (unpaired) electrons. The summed E-state index contributed by atoms with van der Waals surface area (Å²) in [6, 6.07) is 21.1. The Bertz CT molecular complexity index is 1120. The van der Waals surface area contributed by atoms with Gasteiger partial charge in [-0.05, 0) is 67.3 Å². The number of hydrogen-bond donors (Lipinski definition) is 0. The van der Waals surface area contributed by atoms with E-state index >= 15 is 0 Å². The number of nitrogens with zero attached hydrogens (tertiary/aromatic N) is 1. The highest BCUT2D eigenvalue weighted by Crippen LogP contribution is 2.46. The monoisotopic (exact) mass is 461 g/mol. The number of hydrogen-bond acceptors (Lipinski definition) is 4. The number of thioether (sulfide) groups is 1. The van der Waals surface area contributed by atoms with E-state index in [1.807, 2.05) is 48.5 Å². The van der Waals surface area contributed by atoms with Crippen LogP contribution < -0.4 is 0 Å². The molecule has 3 aromatic rings. The maximum absolute atomic E-state index is 13.7. The van der Waals surface area contributed by atoms with Crippen molar-refractivity contribution in [2.75, 3.05) is 0 Å². The lowest BCUT2D eigenvalue weighted by Gasteiger charge is -2.39. The van der Waals surface area contributed by atoms with E-state index in [1.54, 1.807) is 12.3 Å². The minimum Gasteiger partial charge on any atom is -0.294 e. The van der Waals surface area contributed by atoms with Crippen LogP contribution in [0.1, 0.15) is 57.9 Å². The Morgan fingerprint density at radius 1 is 0.781 bits per heavy atom. The number of carbonyl (C=O) groups excluding carboxylic acids is 2. The summed E-state index contributed by atoms with van der Waals surface area (Å²) < 4.78 is 0. The van der Waals surface area contributed by atoms with Crippen LogP contribution in [0.2, 0.25) is 5.02 Å². The quantitative estimate of drug-likeness (QED) is 0.425. The second kappa shape index (κ2) is 9.21. The second-order valence-corrected chi connectivity index (χ2v) is 10.3. The number of halogens is 1. The third-order valence-electron chi connectivity index (χ3n) is 6.85. The normalized spacial score (nSPS) is 25.4. The molecule has 0 N–H and O–H groups in total. The van der Waals surface area contributed by atoms with Gasteiger partial charge in [-0.15, -0.1) is 0 Å². The molecule has 2 aliphatic rings. The molecule has 162 valence electrons. The highest BCUT2D eigenvalue weighted by molar-refractivity contribution is 8.00. The molecular weight excluding hydrogens is 438 g/mol. The summed E-state index contributed by atoms with van der Waals surface area (Å²) in [5.74, 6) is 0.538. The number of aromatic nitrogens is 1. The molecule has 2 aliphatic carbocycles. The van der Waals surface area contributed by atoms with Gasteiger partial charge in [-0.1, -0.05) is 65.8 Å². The first-order chi connectivity index (χ1) is 15.6. The van der Waals surface area contributed by atoms with Crippen LogP contribution in [0, 0.1) is 11.8 Å². The fourth-order valence-corrected chi connectivity index (χ4v) is 6.62. The molecule has 0 spiro atoms. The van der Waals surface area contributed by atoms with Gasteiger partial charge >= 0.3 is 0 Å². The van der Waals surface area contributed by atoms with Gasteiger partial charge in [-0.3, -0.25) is 9.59 Å². The van der Waals surface area contributed by atoms with Crippen LogP contribution in [-0.4, -0.2) is 21.8 Å². The average Bonchev–Trinajstić information content (AvgIpc) is 2.84. The number of rotatable bonds is 4. The summed E-state index contributed by atoms with van der Waals surface area (Å²) in [7, 11) is 0. The molecule has 5 rings (SSSR count). The van der Waals surface area contributed by atoms with Crippen LogP contribution in [0.15, 0.2) is 78.0 Å². The van der Waals surface area contributed by atoms with Gasteiger partial charge in [-0.25, -0.2) is 4.98 Å². The van der Waals surface area contributed by atoms with Crippen LogP contribution in [0.25, 0.3) is 0 Å². The van der Waals surface area contributed by atoms with E-state index in [0.717, 1.165) is 35.7 Å². The second-order valence-electron chi connectivity index (χ2n) is 8.67. The molecule has 0 unspecified atom stereocenters. The topological polar surface area (TPSA) is 47.0 Å². The molecule has 2 aromatic carbocycles. The molecule has 0 amide bonds. The van der Waals surface area contributed by atoms with Crippen molar-refractivity contribution >= 4 is 34.9 Å². The van der Waals surface area contributed by atoms with Gasteiger partial charge in [-0.2, -0.15) is 0 Å². The molecule has 0 saturated heterocycles. The molecule has 3 nitrogen and oxygen atoms in total. The minimum atomic E-state index is -0.426. The zero-order valence-electron chi connectivity index (χ0n) is 17.6. The first kappa shape index (κ1) is 21.4. The lowest BCUT2D eigenvalue weighted by molar-refractivity contribution is 0.0753. The van der Waals surface area contributed by atoms with Crippen molar-refractivity contribution in [2.24, 2.45) is 11.8 Å². The minimum absolute atomic E-state index is 0.0562. The maximum atomic E-state index is 13.7. The van der Waals surface area contributed by atoms with E-state index in [1.165, 1.54) is 17.3 Å². The van der Waals surface area contributed by atoms with E-state index < -0.39 is 5.25 Å². The molecule has 1 heterocycles. The van der Waals surface area contributed by atoms with Gasteiger partial charge in [0.2, 0.25) is 0 Å². The van der Waals surface area contributed by atoms with E-state index in [4.69, 9.17) is 11.6 Å². The highest BCUT2D eigenvalue weighted by atomic mass is 35.5. The van der Waals surface area contributed by atoms with Crippen LogP contribution in [0.4, 0.5) is 0 Å². The summed E-state index contributed by atoms with van der Waals surface area (Å²) in [4.78, 5) is 31.6. The number of pyridine rings is 1. The van der Waals surface area contributed by atoms with Gasteiger partial charge in [0.25, 0.3) is 0 Å². The van der Waals surface area contributed by atoms with Gasteiger partial charge in [0, 0.05) is 28.3 Å². The van der Waals surface area contributed by atoms with Crippen molar-refractivity contribution in [2.45, 2.75) is 41.9 Å². The Morgan fingerprint density at radius 3 is 2.09 bits per heavy atom. The Balaban J connectivity index is 1.42. The fourth-order valence-electron chi connectivity index (χ4n) is 5.23. The molecule has 32 heavy (non-hydrogen) atoms. The van der Waals surface area contributed by atoms with Gasteiger partial charge in [0.05, 0.1) is 10.3 Å². The van der Waals surface area contributed by atoms with Crippen molar-refractivity contribution in [3.8, 4) is 0 Å². The Kier molecular flexibility index (Phi) is 6.16.